The lowest BCUT2D eigenvalue weighted by Gasteiger charge is -1.94. The van der Waals surface area contributed by atoms with Crippen molar-refractivity contribution in [3.05, 3.63) is 11.4 Å². The standard InChI is InChI=1S/C6H10N2O.C2H6/c1-4(2)6-5(3)7-9-8-6;1-2/h4H,1-3H3;1-2H3. The average molecular weight is 156 g/mol. The van der Waals surface area contributed by atoms with E-state index in [0.717, 1.165) is 11.4 Å². The van der Waals surface area contributed by atoms with Crippen LogP contribution in [0.1, 0.15) is 45.0 Å². The van der Waals surface area contributed by atoms with Gasteiger partial charge in [0.15, 0.2) is 0 Å². The summed E-state index contributed by atoms with van der Waals surface area (Å²) in [6, 6.07) is 0. The second-order valence-corrected chi connectivity index (χ2v) is 2.39. The normalized spacial score (nSPS) is 9.27. The van der Waals surface area contributed by atoms with Gasteiger partial charge in [-0.2, -0.15) is 0 Å². The number of rotatable bonds is 1. The van der Waals surface area contributed by atoms with Crippen molar-refractivity contribution in [2.45, 2.75) is 40.5 Å². The Bertz CT molecular complexity index is 194. The molecule has 0 aliphatic heterocycles. The molecular formula is C8H16N2O. The van der Waals surface area contributed by atoms with Gasteiger partial charge in [-0.25, -0.2) is 4.63 Å². The maximum Gasteiger partial charge on any atom is 0.110 e. The number of aromatic nitrogens is 2. The first-order valence-corrected chi connectivity index (χ1v) is 4.01. The predicted octanol–water partition coefficient (Wildman–Crippen LogP) is 2.53. The first-order valence-electron chi connectivity index (χ1n) is 4.01. The molecule has 0 fully saturated rings. The molecule has 1 heterocycles. The van der Waals surface area contributed by atoms with E-state index >= 15 is 0 Å². The van der Waals surface area contributed by atoms with Crippen LogP contribution in [0.25, 0.3) is 0 Å². The molecule has 0 aliphatic carbocycles. The average Bonchev–Trinajstić information content (AvgIpc) is 2.39. The van der Waals surface area contributed by atoms with Crippen LogP contribution in [0.5, 0.6) is 0 Å². The fraction of sp³-hybridized carbons (Fsp3) is 0.750. The molecule has 64 valence electrons. The van der Waals surface area contributed by atoms with E-state index in [2.05, 4.69) is 28.8 Å². The van der Waals surface area contributed by atoms with E-state index in [4.69, 9.17) is 0 Å². The molecule has 0 saturated heterocycles. The zero-order valence-corrected chi connectivity index (χ0v) is 7.88. The topological polar surface area (TPSA) is 38.9 Å². The van der Waals surface area contributed by atoms with Crippen molar-refractivity contribution in [1.82, 2.24) is 10.3 Å². The van der Waals surface area contributed by atoms with Crippen molar-refractivity contribution in [1.29, 1.82) is 0 Å². The van der Waals surface area contributed by atoms with E-state index in [0.29, 0.717) is 5.92 Å². The van der Waals surface area contributed by atoms with E-state index < -0.39 is 0 Å². The largest absolute Gasteiger partial charge is 0.244 e. The summed E-state index contributed by atoms with van der Waals surface area (Å²) >= 11 is 0. The van der Waals surface area contributed by atoms with Crippen molar-refractivity contribution in [3.8, 4) is 0 Å². The molecule has 1 aromatic heterocycles. The molecular weight excluding hydrogens is 140 g/mol. The number of hydrogen-bond acceptors (Lipinski definition) is 3. The van der Waals surface area contributed by atoms with Crippen LogP contribution >= 0.6 is 0 Å². The summed E-state index contributed by atoms with van der Waals surface area (Å²) in [5.74, 6) is 0.413. The van der Waals surface area contributed by atoms with Crippen LogP contribution in [0.15, 0.2) is 4.63 Å². The molecule has 0 N–H and O–H groups in total. The lowest BCUT2D eigenvalue weighted by Crippen LogP contribution is -1.89. The molecule has 0 saturated carbocycles. The van der Waals surface area contributed by atoms with Crippen molar-refractivity contribution in [3.63, 3.8) is 0 Å². The Morgan fingerprint density at radius 2 is 1.73 bits per heavy atom. The van der Waals surface area contributed by atoms with Crippen LogP contribution in [-0.2, 0) is 0 Å². The van der Waals surface area contributed by atoms with Gasteiger partial charge in [0.1, 0.15) is 11.4 Å². The SMILES string of the molecule is CC.Cc1nonc1C(C)C. The van der Waals surface area contributed by atoms with Gasteiger partial charge in [-0.05, 0) is 6.92 Å². The van der Waals surface area contributed by atoms with E-state index in [1.165, 1.54) is 0 Å². The third-order valence-corrected chi connectivity index (χ3v) is 1.23. The highest BCUT2D eigenvalue weighted by Gasteiger charge is 2.07. The predicted molar refractivity (Wildman–Crippen MR) is 44.5 cm³/mol. The van der Waals surface area contributed by atoms with Crippen molar-refractivity contribution in [2.24, 2.45) is 0 Å². The molecule has 0 atom stereocenters. The summed E-state index contributed by atoms with van der Waals surface area (Å²) in [5.41, 5.74) is 1.85. The minimum atomic E-state index is 0.413. The Balaban J connectivity index is 0.000000461. The lowest BCUT2D eigenvalue weighted by atomic mass is 10.1. The monoisotopic (exact) mass is 156 g/mol. The van der Waals surface area contributed by atoms with Crippen LogP contribution in [0.2, 0.25) is 0 Å². The van der Waals surface area contributed by atoms with Gasteiger partial charge in [0.2, 0.25) is 0 Å². The zero-order chi connectivity index (χ0) is 8.85. The molecule has 11 heavy (non-hydrogen) atoms. The van der Waals surface area contributed by atoms with Gasteiger partial charge in [0, 0.05) is 5.92 Å². The third-order valence-electron chi connectivity index (χ3n) is 1.23. The highest BCUT2D eigenvalue weighted by atomic mass is 16.6. The Labute approximate surface area is 67.8 Å². The third kappa shape index (κ3) is 2.70. The molecule has 3 heteroatoms. The van der Waals surface area contributed by atoms with Gasteiger partial charge < -0.3 is 0 Å². The Hall–Kier alpha value is -0.860. The maximum absolute atomic E-state index is 4.51. The Morgan fingerprint density at radius 1 is 1.18 bits per heavy atom. The highest BCUT2D eigenvalue weighted by molar-refractivity contribution is 5.08. The Kier molecular flexibility index (Phi) is 4.50. The van der Waals surface area contributed by atoms with E-state index in [1.54, 1.807) is 0 Å². The molecule has 3 nitrogen and oxygen atoms in total. The van der Waals surface area contributed by atoms with Gasteiger partial charge >= 0.3 is 0 Å². The van der Waals surface area contributed by atoms with Gasteiger partial charge in [-0.15, -0.1) is 0 Å². The minimum Gasteiger partial charge on any atom is -0.244 e. The number of aryl methyl sites for hydroxylation is 1. The second kappa shape index (κ2) is 4.88. The second-order valence-electron chi connectivity index (χ2n) is 2.39. The highest BCUT2D eigenvalue weighted by Crippen LogP contribution is 2.12. The molecule has 0 radical (unpaired) electrons. The summed E-state index contributed by atoms with van der Waals surface area (Å²) in [6.07, 6.45) is 0. The molecule has 0 unspecified atom stereocenters. The van der Waals surface area contributed by atoms with Crippen molar-refractivity contribution in [2.75, 3.05) is 0 Å². The minimum absolute atomic E-state index is 0.413. The number of nitrogens with zero attached hydrogens (tertiary/aromatic N) is 2. The fourth-order valence-corrected chi connectivity index (χ4v) is 0.762. The van der Waals surface area contributed by atoms with Gasteiger partial charge in [-0.3, -0.25) is 0 Å². The fourth-order valence-electron chi connectivity index (χ4n) is 0.762. The summed E-state index contributed by atoms with van der Waals surface area (Å²) in [5, 5.41) is 7.38. The smallest absolute Gasteiger partial charge is 0.110 e. The molecule has 0 spiro atoms. The van der Waals surface area contributed by atoms with Gasteiger partial charge in [0.25, 0.3) is 0 Å². The zero-order valence-electron chi connectivity index (χ0n) is 7.88. The molecule has 0 amide bonds. The summed E-state index contributed by atoms with van der Waals surface area (Å²) in [7, 11) is 0. The molecule has 0 aromatic carbocycles. The lowest BCUT2D eigenvalue weighted by molar-refractivity contribution is 0.300. The Morgan fingerprint density at radius 3 is 1.91 bits per heavy atom. The molecule has 1 aromatic rings. The van der Waals surface area contributed by atoms with E-state index in [-0.39, 0.29) is 0 Å². The van der Waals surface area contributed by atoms with Crippen LogP contribution < -0.4 is 0 Å². The number of hydrogen-bond donors (Lipinski definition) is 0. The van der Waals surface area contributed by atoms with Crippen molar-refractivity contribution < 1.29 is 4.63 Å². The summed E-state index contributed by atoms with van der Waals surface area (Å²) in [4.78, 5) is 0. The van der Waals surface area contributed by atoms with Gasteiger partial charge in [-0.1, -0.05) is 38.0 Å². The maximum atomic E-state index is 4.51. The molecule has 0 bridgehead atoms. The van der Waals surface area contributed by atoms with Crippen LogP contribution in [0.4, 0.5) is 0 Å². The van der Waals surface area contributed by atoms with Gasteiger partial charge in [0.05, 0.1) is 0 Å². The van der Waals surface area contributed by atoms with Crippen LogP contribution in [0.3, 0.4) is 0 Å². The quantitative estimate of drug-likeness (QED) is 0.627. The van der Waals surface area contributed by atoms with Crippen LogP contribution in [0, 0.1) is 6.92 Å². The van der Waals surface area contributed by atoms with Crippen LogP contribution in [-0.4, -0.2) is 10.3 Å². The van der Waals surface area contributed by atoms with Crippen molar-refractivity contribution >= 4 is 0 Å². The van der Waals surface area contributed by atoms with E-state index in [1.807, 2.05) is 20.8 Å². The first kappa shape index (κ1) is 10.1. The van der Waals surface area contributed by atoms with E-state index in [9.17, 15) is 0 Å². The molecule has 0 aliphatic rings. The summed E-state index contributed by atoms with van der Waals surface area (Å²) in [6.45, 7) is 10.0. The summed E-state index contributed by atoms with van der Waals surface area (Å²) < 4.78 is 4.51. The molecule has 1 rings (SSSR count). The first-order chi connectivity index (χ1) is 5.22.